The van der Waals surface area contributed by atoms with Crippen molar-refractivity contribution in [2.45, 2.75) is 18.9 Å². The molecule has 1 aliphatic rings. The number of ether oxygens (including phenoxy) is 1. The molecule has 6 heteroatoms. The minimum atomic E-state index is -0.363. The highest BCUT2D eigenvalue weighted by molar-refractivity contribution is 5.94. The quantitative estimate of drug-likeness (QED) is 0.923. The number of carbonyl (C=O) groups excluding carboxylic acids is 2. The van der Waals surface area contributed by atoms with E-state index in [1.165, 1.54) is 4.90 Å². The normalized spacial score (nSPS) is 17.5. The molecule has 0 aromatic heterocycles. The minimum Gasteiger partial charge on any atom is -0.497 e. The molecule has 0 spiro atoms. The average molecular weight is 291 g/mol. The molecule has 1 aromatic carbocycles. The molecule has 0 radical (unpaired) electrons. The number of carbonyl (C=O) groups is 2. The molecule has 1 saturated heterocycles. The van der Waals surface area contributed by atoms with Crippen LogP contribution in [0.2, 0.25) is 0 Å². The first-order chi connectivity index (χ1) is 10.0. The SMILES string of the molecule is COc1ccc(NC(=O)N2CCCC2C(=O)N(C)C)cc1. The topological polar surface area (TPSA) is 61.9 Å². The van der Waals surface area contributed by atoms with Gasteiger partial charge in [-0.15, -0.1) is 0 Å². The standard InChI is InChI=1S/C15H21N3O3/c1-17(2)14(19)13-5-4-10-18(13)15(20)16-11-6-8-12(21-3)9-7-11/h6-9,13H,4-5,10H2,1-3H3,(H,16,20). The number of benzene rings is 1. The predicted molar refractivity (Wildman–Crippen MR) is 80.4 cm³/mol. The second-order valence-corrected chi connectivity index (χ2v) is 5.24. The fourth-order valence-electron chi connectivity index (χ4n) is 2.43. The molecule has 1 N–H and O–H groups in total. The summed E-state index contributed by atoms with van der Waals surface area (Å²) in [6.07, 6.45) is 1.56. The molecule has 1 atom stereocenters. The van der Waals surface area contributed by atoms with Crippen LogP contribution in [0.3, 0.4) is 0 Å². The smallest absolute Gasteiger partial charge is 0.322 e. The summed E-state index contributed by atoms with van der Waals surface area (Å²) in [5.41, 5.74) is 0.684. The number of hydrogen-bond donors (Lipinski definition) is 1. The Morgan fingerprint density at radius 3 is 2.52 bits per heavy atom. The number of likely N-dealkylation sites (tertiary alicyclic amines) is 1. The van der Waals surface area contributed by atoms with Gasteiger partial charge < -0.3 is 19.9 Å². The maximum atomic E-state index is 12.3. The number of nitrogens with zero attached hydrogens (tertiary/aromatic N) is 2. The number of anilines is 1. The van der Waals surface area contributed by atoms with E-state index in [-0.39, 0.29) is 18.0 Å². The summed E-state index contributed by atoms with van der Waals surface area (Å²) in [4.78, 5) is 27.5. The zero-order valence-electron chi connectivity index (χ0n) is 12.6. The van der Waals surface area contributed by atoms with E-state index in [4.69, 9.17) is 4.74 Å². The third-order valence-corrected chi connectivity index (χ3v) is 3.58. The lowest BCUT2D eigenvalue weighted by Crippen LogP contribution is -2.47. The lowest BCUT2D eigenvalue weighted by atomic mass is 10.2. The number of likely N-dealkylation sites (N-methyl/N-ethyl adjacent to an activating group) is 1. The lowest BCUT2D eigenvalue weighted by Gasteiger charge is -2.26. The Labute approximate surface area is 124 Å². The highest BCUT2D eigenvalue weighted by atomic mass is 16.5. The van der Waals surface area contributed by atoms with Gasteiger partial charge in [-0.2, -0.15) is 0 Å². The summed E-state index contributed by atoms with van der Waals surface area (Å²) in [5, 5.41) is 2.82. The van der Waals surface area contributed by atoms with Gasteiger partial charge in [0.05, 0.1) is 7.11 Å². The highest BCUT2D eigenvalue weighted by Gasteiger charge is 2.34. The van der Waals surface area contributed by atoms with Gasteiger partial charge in [-0.3, -0.25) is 4.79 Å². The lowest BCUT2D eigenvalue weighted by molar-refractivity contribution is -0.132. The van der Waals surface area contributed by atoms with Gasteiger partial charge in [-0.05, 0) is 37.1 Å². The van der Waals surface area contributed by atoms with Crippen molar-refractivity contribution in [1.29, 1.82) is 0 Å². The van der Waals surface area contributed by atoms with Gasteiger partial charge >= 0.3 is 6.03 Å². The van der Waals surface area contributed by atoms with Gasteiger partial charge in [-0.25, -0.2) is 4.79 Å². The number of methoxy groups -OCH3 is 1. The fraction of sp³-hybridized carbons (Fsp3) is 0.467. The summed E-state index contributed by atoms with van der Waals surface area (Å²) < 4.78 is 5.08. The monoisotopic (exact) mass is 291 g/mol. The van der Waals surface area contributed by atoms with Crippen LogP contribution < -0.4 is 10.1 Å². The molecule has 1 aliphatic heterocycles. The van der Waals surface area contributed by atoms with Gasteiger partial charge in [0.15, 0.2) is 0 Å². The van der Waals surface area contributed by atoms with E-state index in [0.717, 1.165) is 12.2 Å². The van der Waals surface area contributed by atoms with Crippen molar-refractivity contribution in [3.8, 4) is 5.75 Å². The molecule has 1 fully saturated rings. The van der Waals surface area contributed by atoms with E-state index in [1.54, 1.807) is 50.4 Å². The van der Waals surface area contributed by atoms with Crippen LogP contribution >= 0.6 is 0 Å². The molecule has 1 heterocycles. The molecule has 114 valence electrons. The van der Waals surface area contributed by atoms with Crippen LogP contribution in [0.4, 0.5) is 10.5 Å². The molecule has 1 aromatic rings. The van der Waals surface area contributed by atoms with E-state index in [0.29, 0.717) is 18.7 Å². The molecule has 0 aliphatic carbocycles. The zero-order chi connectivity index (χ0) is 15.4. The van der Waals surface area contributed by atoms with E-state index in [1.807, 2.05) is 0 Å². The van der Waals surface area contributed by atoms with Crippen LogP contribution in [0.1, 0.15) is 12.8 Å². The molecule has 3 amide bonds. The van der Waals surface area contributed by atoms with Crippen molar-refractivity contribution in [3.63, 3.8) is 0 Å². The first-order valence-electron chi connectivity index (χ1n) is 6.95. The second-order valence-electron chi connectivity index (χ2n) is 5.24. The first kappa shape index (κ1) is 15.2. The molecule has 0 saturated carbocycles. The largest absolute Gasteiger partial charge is 0.497 e. The van der Waals surface area contributed by atoms with Crippen molar-refractivity contribution >= 4 is 17.6 Å². The average Bonchev–Trinajstić information content (AvgIpc) is 2.96. The van der Waals surface area contributed by atoms with Crippen LogP contribution in [0.5, 0.6) is 5.75 Å². The minimum absolute atomic E-state index is 0.0302. The molecule has 0 bridgehead atoms. The van der Waals surface area contributed by atoms with E-state index < -0.39 is 0 Å². The summed E-state index contributed by atoms with van der Waals surface area (Å²) in [5.74, 6) is 0.701. The van der Waals surface area contributed by atoms with Crippen molar-refractivity contribution in [2.75, 3.05) is 33.1 Å². The Morgan fingerprint density at radius 1 is 1.29 bits per heavy atom. The Morgan fingerprint density at radius 2 is 1.95 bits per heavy atom. The van der Waals surface area contributed by atoms with Crippen molar-refractivity contribution in [1.82, 2.24) is 9.80 Å². The Balaban J connectivity index is 2.03. The number of rotatable bonds is 3. The highest BCUT2D eigenvalue weighted by Crippen LogP contribution is 2.21. The predicted octanol–water partition coefficient (Wildman–Crippen LogP) is 1.78. The molecule has 21 heavy (non-hydrogen) atoms. The Hall–Kier alpha value is -2.24. The van der Waals surface area contributed by atoms with Crippen LogP contribution in [0.15, 0.2) is 24.3 Å². The Bertz CT molecular complexity index is 513. The van der Waals surface area contributed by atoms with Crippen LogP contribution in [0.25, 0.3) is 0 Å². The van der Waals surface area contributed by atoms with Gasteiger partial charge in [0.2, 0.25) is 5.91 Å². The number of hydrogen-bond acceptors (Lipinski definition) is 3. The summed E-state index contributed by atoms with van der Waals surface area (Å²) in [6, 6.07) is 6.51. The van der Waals surface area contributed by atoms with Crippen LogP contribution in [-0.4, -0.2) is 55.5 Å². The summed E-state index contributed by atoms with van der Waals surface area (Å²) in [7, 11) is 5.01. The maximum absolute atomic E-state index is 12.3. The molecular weight excluding hydrogens is 270 g/mol. The summed E-state index contributed by atoms with van der Waals surface area (Å²) in [6.45, 7) is 0.603. The third kappa shape index (κ3) is 3.45. The number of urea groups is 1. The molecule has 1 unspecified atom stereocenters. The van der Waals surface area contributed by atoms with E-state index >= 15 is 0 Å². The second kappa shape index (κ2) is 6.47. The molecule has 6 nitrogen and oxygen atoms in total. The third-order valence-electron chi connectivity index (χ3n) is 3.58. The van der Waals surface area contributed by atoms with Crippen molar-refractivity contribution in [2.24, 2.45) is 0 Å². The molecular formula is C15H21N3O3. The first-order valence-corrected chi connectivity index (χ1v) is 6.95. The van der Waals surface area contributed by atoms with Gasteiger partial charge in [-0.1, -0.05) is 0 Å². The van der Waals surface area contributed by atoms with Gasteiger partial charge in [0, 0.05) is 26.3 Å². The van der Waals surface area contributed by atoms with E-state index in [9.17, 15) is 9.59 Å². The number of amides is 3. The Kier molecular flexibility index (Phi) is 4.67. The molecule has 2 rings (SSSR count). The van der Waals surface area contributed by atoms with Crippen LogP contribution in [-0.2, 0) is 4.79 Å². The maximum Gasteiger partial charge on any atom is 0.322 e. The van der Waals surface area contributed by atoms with Gasteiger partial charge in [0.1, 0.15) is 11.8 Å². The van der Waals surface area contributed by atoms with Crippen molar-refractivity contribution < 1.29 is 14.3 Å². The zero-order valence-corrected chi connectivity index (χ0v) is 12.6. The van der Waals surface area contributed by atoms with Crippen molar-refractivity contribution in [3.05, 3.63) is 24.3 Å². The summed E-state index contributed by atoms with van der Waals surface area (Å²) >= 11 is 0. The van der Waals surface area contributed by atoms with Gasteiger partial charge in [0.25, 0.3) is 0 Å². The van der Waals surface area contributed by atoms with E-state index in [2.05, 4.69) is 5.32 Å². The fourth-order valence-corrected chi connectivity index (χ4v) is 2.43. The van der Waals surface area contributed by atoms with Crippen LogP contribution in [0, 0.1) is 0 Å². The number of nitrogens with one attached hydrogen (secondary N) is 1.